The first-order valence-corrected chi connectivity index (χ1v) is 8.90. The molecule has 0 spiro atoms. The van der Waals surface area contributed by atoms with E-state index in [1.54, 1.807) is 0 Å². The molecule has 25 heavy (non-hydrogen) atoms. The van der Waals surface area contributed by atoms with Gasteiger partial charge in [-0.25, -0.2) is 0 Å². The Labute approximate surface area is 147 Å². The fourth-order valence-corrected chi connectivity index (χ4v) is 3.64. The number of fused-ring (bicyclic) bond motifs is 1. The molecular weight excluding hydrogens is 320 g/mol. The predicted molar refractivity (Wildman–Crippen MR) is 93.3 cm³/mol. The fourth-order valence-electron chi connectivity index (χ4n) is 3.64. The smallest absolute Gasteiger partial charge is 0.310 e. The lowest BCUT2D eigenvalue weighted by atomic mass is 9.66. The minimum Gasteiger partial charge on any atom is -0.481 e. The van der Waals surface area contributed by atoms with E-state index in [2.05, 4.69) is 5.32 Å². The second-order valence-corrected chi connectivity index (χ2v) is 6.99. The molecule has 1 aromatic carbocycles. The highest BCUT2D eigenvalue weighted by Gasteiger charge is 2.45. The summed E-state index contributed by atoms with van der Waals surface area (Å²) >= 11 is 0. The summed E-state index contributed by atoms with van der Waals surface area (Å²) in [6.45, 7) is 1.11. The molecule has 0 aromatic heterocycles. The summed E-state index contributed by atoms with van der Waals surface area (Å²) in [5.74, 6) is -1.04. The van der Waals surface area contributed by atoms with Gasteiger partial charge in [0.2, 0.25) is 11.8 Å². The molecule has 0 bridgehead atoms. The summed E-state index contributed by atoms with van der Waals surface area (Å²) in [6, 6.07) is 7.92. The first kappa shape index (κ1) is 17.5. The number of para-hydroxylation sites is 1. The van der Waals surface area contributed by atoms with Crippen LogP contribution in [-0.2, 0) is 20.8 Å². The number of carbonyl (C=O) groups is 3. The van der Waals surface area contributed by atoms with E-state index in [0.717, 1.165) is 18.5 Å². The van der Waals surface area contributed by atoms with Crippen molar-refractivity contribution in [3.8, 4) is 0 Å². The molecule has 2 aliphatic rings. The van der Waals surface area contributed by atoms with Crippen molar-refractivity contribution in [3.05, 3.63) is 29.8 Å². The van der Waals surface area contributed by atoms with Crippen molar-refractivity contribution in [2.45, 2.75) is 44.9 Å². The van der Waals surface area contributed by atoms with Gasteiger partial charge in [0.05, 0.1) is 5.41 Å². The summed E-state index contributed by atoms with van der Waals surface area (Å²) in [5.41, 5.74) is 1.33. The minimum absolute atomic E-state index is 0.0375. The van der Waals surface area contributed by atoms with Crippen molar-refractivity contribution in [1.82, 2.24) is 5.32 Å². The molecule has 0 atom stereocenters. The Hall–Kier alpha value is -2.37. The maximum absolute atomic E-state index is 12.4. The maximum Gasteiger partial charge on any atom is 0.310 e. The van der Waals surface area contributed by atoms with Gasteiger partial charge in [0.25, 0.3) is 0 Å². The van der Waals surface area contributed by atoms with Gasteiger partial charge in [0, 0.05) is 31.6 Å². The molecule has 134 valence electrons. The monoisotopic (exact) mass is 344 g/mol. The summed E-state index contributed by atoms with van der Waals surface area (Å²) in [5, 5.41) is 12.0. The van der Waals surface area contributed by atoms with Crippen molar-refractivity contribution >= 4 is 23.5 Å². The second kappa shape index (κ2) is 7.25. The largest absolute Gasteiger partial charge is 0.481 e. The Morgan fingerprint density at radius 2 is 1.96 bits per heavy atom. The van der Waals surface area contributed by atoms with Crippen LogP contribution in [-0.4, -0.2) is 36.0 Å². The van der Waals surface area contributed by atoms with Gasteiger partial charge in [-0.1, -0.05) is 24.6 Å². The average Bonchev–Trinajstić information content (AvgIpc) is 2.98. The molecule has 2 N–H and O–H groups in total. The van der Waals surface area contributed by atoms with Gasteiger partial charge in [-0.3, -0.25) is 14.4 Å². The van der Waals surface area contributed by atoms with Crippen LogP contribution in [0.1, 0.15) is 44.1 Å². The van der Waals surface area contributed by atoms with Crippen molar-refractivity contribution in [2.24, 2.45) is 5.41 Å². The predicted octanol–water partition coefficient (Wildman–Crippen LogP) is 2.12. The molecule has 0 radical (unpaired) electrons. The van der Waals surface area contributed by atoms with Gasteiger partial charge >= 0.3 is 5.97 Å². The highest BCUT2D eigenvalue weighted by atomic mass is 16.4. The third-order valence-electron chi connectivity index (χ3n) is 5.34. The lowest BCUT2D eigenvalue weighted by Crippen LogP contribution is -2.42. The third-order valence-corrected chi connectivity index (χ3v) is 5.34. The minimum atomic E-state index is -0.878. The average molecular weight is 344 g/mol. The van der Waals surface area contributed by atoms with Gasteiger partial charge in [-0.15, -0.1) is 0 Å². The van der Waals surface area contributed by atoms with Gasteiger partial charge < -0.3 is 15.3 Å². The van der Waals surface area contributed by atoms with Crippen molar-refractivity contribution in [3.63, 3.8) is 0 Å². The van der Waals surface area contributed by atoms with E-state index in [4.69, 9.17) is 0 Å². The highest BCUT2D eigenvalue weighted by Crippen LogP contribution is 2.44. The van der Waals surface area contributed by atoms with Crippen molar-refractivity contribution in [2.75, 3.05) is 18.0 Å². The van der Waals surface area contributed by atoms with Gasteiger partial charge in [-0.2, -0.15) is 0 Å². The van der Waals surface area contributed by atoms with Crippen molar-refractivity contribution < 1.29 is 19.5 Å². The van der Waals surface area contributed by atoms with Crippen LogP contribution in [0.15, 0.2) is 24.3 Å². The Morgan fingerprint density at radius 1 is 1.20 bits per heavy atom. The summed E-state index contributed by atoms with van der Waals surface area (Å²) in [4.78, 5) is 37.4. The van der Waals surface area contributed by atoms with E-state index >= 15 is 0 Å². The van der Waals surface area contributed by atoms with Gasteiger partial charge in [0.15, 0.2) is 0 Å². The molecule has 6 heteroatoms. The van der Waals surface area contributed by atoms with Crippen LogP contribution >= 0.6 is 0 Å². The van der Waals surface area contributed by atoms with E-state index in [-0.39, 0.29) is 18.2 Å². The molecule has 1 heterocycles. The van der Waals surface area contributed by atoms with E-state index in [0.29, 0.717) is 38.8 Å². The Morgan fingerprint density at radius 3 is 2.64 bits per heavy atom. The normalized spacial score (nSPS) is 17.5. The number of rotatable bonds is 7. The number of nitrogens with zero attached hydrogens (tertiary/aromatic N) is 1. The summed E-state index contributed by atoms with van der Waals surface area (Å²) in [7, 11) is 0. The van der Waals surface area contributed by atoms with E-state index in [1.807, 2.05) is 29.2 Å². The molecule has 1 saturated carbocycles. The van der Waals surface area contributed by atoms with Crippen molar-refractivity contribution in [1.29, 1.82) is 0 Å². The number of hydrogen-bond donors (Lipinski definition) is 2. The number of hydrogen-bond acceptors (Lipinski definition) is 3. The standard InChI is InChI=1S/C19H24N2O4/c22-16(13-19(18(24)25)9-4-10-19)20-11-3-7-17(23)21-12-8-14-5-1-2-6-15(14)21/h1-2,5-6H,3-4,7-13H2,(H,20,22)(H,24,25). The first-order chi connectivity index (χ1) is 12.0. The quantitative estimate of drug-likeness (QED) is 0.742. The molecule has 3 rings (SSSR count). The Kier molecular flexibility index (Phi) is 5.06. The van der Waals surface area contributed by atoms with Crippen LogP contribution in [0.3, 0.4) is 0 Å². The van der Waals surface area contributed by atoms with Crippen LogP contribution < -0.4 is 10.2 Å². The van der Waals surface area contributed by atoms with E-state index in [1.165, 1.54) is 5.56 Å². The Balaban J connectivity index is 1.39. The molecule has 0 saturated heterocycles. The molecule has 0 unspecified atom stereocenters. The van der Waals surface area contributed by atoms with Crippen LogP contribution in [0.2, 0.25) is 0 Å². The van der Waals surface area contributed by atoms with Crippen LogP contribution in [0.25, 0.3) is 0 Å². The van der Waals surface area contributed by atoms with Crippen LogP contribution in [0.4, 0.5) is 5.69 Å². The van der Waals surface area contributed by atoms with Crippen LogP contribution in [0, 0.1) is 5.41 Å². The van der Waals surface area contributed by atoms with E-state index in [9.17, 15) is 19.5 Å². The third kappa shape index (κ3) is 3.67. The topological polar surface area (TPSA) is 86.7 Å². The summed E-state index contributed by atoms with van der Waals surface area (Å²) < 4.78 is 0. The first-order valence-electron chi connectivity index (χ1n) is 8.90. The van der Waals surface area contributed by atoms with Gasteiger partial charge in [-0.05, 0) is 37.3 Å². The van der Waals surface area contributed by atoms with Crippen LogP contribution in [0.5, 0.6) is 0 Å². The SMILES string of the molecule is O=C(CC1(C(=O)O)CCC1)NCCCC(=O)N1CCc2ccccc21. The molecule has 2 amide bonds. The number of nitrogens with one attached hydrogen (secondary N) is 1. The lowest BCUT2D eigenvalue weighted by Gasteiger charge is -2.36. The number of benzene rings is 1. The molecular formula is C19H24N2O4. The number of aliphatic carboxylic acids is 1. The highest BCUT2D eigenvalue weighted by molar-refractivity contribution is 5.95. The zero-order chi connectivity index (χ0) is 17.9. The van der Waals surface area contributed by atoms with Gasteiger partial charge in [0.1, 0.15) is 0 Å². The fraction of sp³-hybridized carbons (Fsp3) is 0.526. The second-order valence-electron chi connectivity index (χ2n) is 6.99. The number of carboxylic acid groups (broad SMARTS) is 1. The zero-order valence-electron chi connectivity index (χ0n) is 14.3. The lowest BCUT2D eigenvalue weighted by molar-refractivity contribution is -0.157. The Bertz CT molecular complexity index is 682. The summed E-state index contributed by atoms with van der Waals surface area (Å²) in [6.07, 6.45) is 3.87. The molecule has 1 aromatic rings. The molecule has 6 nitrogen and oxygen atoms in total. The number of amides is 2. The molecule has 1 aliphatic carbocycles. The number of carboxylic acids is 1. The number of carbonyl (C=O) groups excluding carboxylic acids is 2. The van der Waals surface area contributed by atoms with E-state index < -0.39 is 11.4 Å². The zero-order valence-corrected chi connectivity index (χ0v) is 14.3. The molecule has 1 aliphatic heterocycles. The number of anilines is 1. The maximum atomic E-state index is 12.4. The molecule has 1 fully saturated rings.